The summed E-state index contributed by atoms with van der Waals surface area (Å²) < 4.78 is 19.5. The topological polar surface area (TPSA) is 58.6 Å². The summed E-state index contributed by atoms with van der Waals surface area (Å²) >= 11 is 1.67. The Kier molecular flexibility index (Phi) is 7.26. The Morgan fingerprint density at radius 3 is 2.69 bits per heavy atom. The van der Waals surface area contributed by atoms with E-state index in [1.807, 2.05) is 13.0 Å². The molecule has 2 aliphatic rings. The number of amides is 1. The first-order chi connectivity index (χ1) is 15.5. The van der Waals surface area contributed by atoms with E-state index in [9.17, 15) is 14.0 Å². The standard InChI is InChI=1S/C25H31FN2O3S/c1-3-31-25(30)17-11-13-28(14-12-17)23(18-7-6-8-19(26)15-18)22-20-9-4-5-10-21(20)32-24(22)27-16(2)29/h6-8,15,17,23H,3-5,9-14H2,1-2H3,(H,27,29). The molecule has 0 bridgehead atoms. The number of thiophene rings is 1. The Morgan fingerprint density at radius 1 is 1.25 bits per heavy atom. The Balaban J connectivity index is 1.73. The number of likely N-dealkylation sites (tertiary alicyclic amines) is 1. The number of ether oxygens (including phenoxy) is 1. The van der Waals surface area contributed by atoms with Crippen molar-refractivity contribution in [3.8, 4) is 0 Å². The van der Waals surface area contributed by atoms with Gasteiger partial charge in [-0.25, -0.2) is 4.39 Å². The van der Waals surface area contributed by atoms with Gasteiger partial charge in [0.1, 0.15) is 10.8 Å². The van der Waals surface area contributed by atoms with E-state index < -0.39 is 0 Å². The molecule has 1 aromatic carbocycles. The molecule has 2 heterocycles. The maximum Gasteiger partial charge on any atom is 0.309 e. The molecule has 7 heteroatoms. The minimum Gasteiger partial charge on any atom is -0.466 e. The molecule has 1 aliphatic carbocycles. The average Bonchev–Trinajstić information content (AvgIpc) is 3.12. The molecule has 1 N–H and O–H groups in total. The smallest absolute Gasteiger partial charge is 0.309 e. The lowest BCUT2D eigenvalue weighted by molar-refractivity contribution is -0.149. The minimum atomic E-state index is -0.265. The number of nitrogens with one attached hydrogen (secondary N) is 1. The summed E-state index contributed by atoms with van der Waals surface area (Å²) in [5.41, 5.74) is 3.31. The number of esters is 1. The van der Waals surface area contributed by atoms with Gasteiger partial charge < -0.3 is 10.1 Å². The first-order valence-electron chi connectivity index (χ1n) is 11.6. The molecule has 1 unspecified atom stereocenters. The summed E-state index contributed by atoms with van der Waals surface area (Å²) in [6.07, 6.45) is 5.71. The molecular formula is C25H31FN2O3S. The van der Waals surface area contributed by atoms with Crippen LogP contribution >= 0.6 is 11.3 Å². The third-order valence-electron chi connectivity index (χ3n) is 6.45. The molecule has 1 fully saturated rings. The largest absolute Gasteiger partial charge is 0.466 e. The summed E-state index contributed by atoms with van der Waals surface area (Å²) in [5.74, 6) is -0.574. The molecule has 172 valence electrons. The van der Waals surface area contributed by atoms with Gasteiger partial charge in [-0.2, -0.15) is 0 Å². The Bertz CT molecular complexity index is 982. The number of halogens is 1. The number of rotatable bonds is 6. The fourth-order valence-electron chi connectivity index (χ4n) is 5.02. The first-order valence-corrected chi connectivity index (χ1v) is 12.4. The van der Waals surface area contributed by atoms with Crippen LogP contribution in [-0.2, 0) is 27.2 Å². The van der Waals surface area contributed by atoms with Crippen molar-refractivity contribution in [3.63, 3.8) is 0 Å². The summed E-state index contributed by atoms with van der Waals surface area (Å²) in [6.45, 7) is 5.19. The molecule has 32 heavy (non-hydrogen) atoms. The highest BCUT2D eigenvalue weighted by atomic mass is 32.1. The van der Waals surface area contributed by atoms with Gasteiger partial charge in [0, 0.05) is 17.4 Å². The Labute approximate surface area is 193 Å². The Hall–Kier alpha value is -2.25. The van der Waals surface area contributed by atoms with E-state index in [1.165, 1.54) is 23.4 Å². The lowest BCUT2D eigenvalue weighted by Crippen LogP contribution is -2.40. The van der Waals surface area contributed by atoms with Gasteiger partial charge >= 0.3 is 5.97 Å². The number of hydrogen-bond acceptors (Lipinski definition) is 5. The molecule has 4 rings (SSSR count). The predicted octanol–water partition coefficient (Wildman–Crippen LogP) is 5.09. The van der Waals surface area contributed by atoms with Crippen molar-refractivity contribution in [3.05, 3.63) is 51.7 Å². The zero-order chi connectivity index (χ0) is 22.7. The van der Waals surface area contributed by atoms with Crippen molar-refractivity contribution < 1.29 is 18.7 Å². The number of anilines is 1. The number of carbonyl (C=O) groups excluding carboxylic acids is 2. The van der Waals surface area contributed by atoms with E-state index in [-0.39, 0.29) is 29.7 Å². The number of nitrogens with zero attached hydrogens (tertiary/aromatic N) is 1. The third-order valence-corrected chi connectivity index (χ3v) is 7.68. The van der Waals surface area contributed by atoms with Crippen molar-refractivity contribution in [2.45, 2.75) is 58.4 Å². The van der Waals surface area contributed by atoms with Crippen LogP contribution < -0.4 is 5.32 Å². The number of fused-ring (bicyclic) bond motifs is 1. The van der Waals surface area contributed by atoms with Gasteiger partial charge in [-0.15, -0.1) is 11.3 Å². The van der Waals surface area contributed by atoms with Gasteiger partial charge in [-0.1, -0.05) is 12.1 Å². The average molecular weight is 459 g/mol. The van der Waals surface area contributed by atoms with E-state index in [2.05, 4.69) is 10.2 Å². The van der Waals surface area contributed by atoms with Gasteiger partial charge in [0.2, 0.25) is 5.91 Å². The SMILES string of the molecule is CCOC(=O)C1CCN(C(c2cccc(F)c2)c2c(NC(C)=O)sc3c2CCCC3)CC1. The first kappa shape index (κ1) is 22.9. The van der Waals surface area contributed by atoms with Crippen LogP contribution in [-0.4, -0.2) is 36.5 Å². The molecule has 1 aromatic heterocycles. The second kappa shape index (κ2) is 10.1. The highest BCUT2D eigenvalue weighted by Gasteiger charge is 2.35. The summed E-state index contributed by atoms with van der Waals surface area (Å²) in [4.78, 5) is 27.9. The number of piperidine rings is 1. The summed E-state index contributed by atoms with van der Waals surface area (Å²) in [5, 5.41) is 3.94. The minimum absolute atomic E-state index is 0.0921. The zero-order valence-electron chi connectivity index (χ0n) is 18.8. The predicted molar refractivity (Wildman–Crippen MR) is 124 cm³/mol. The molecule has 1 amide bonds. The van der Waals surface area contributed by atoms with Crippen molar-refractivity contribution in [2.24, 2.45) is 5.92 Å². The van der Waals surface area contributed by atoms with Crippen LogP contribution in [0.15, 0.2) is 24.3 Å². The van der Waals surface area contributed by atoms with Crippen LogP contribution in [0.1, 0.15) is 67.1 Å². The fourth-order valence-corrected chi connectivity index (χ4v) is 6.39. The lowest BCUT2D eigenvalue weighted by atomic mass is 9.87. The van der Waals surface area contributed by atoms with Gasteiger partial charge in [-0.3, -0.25) is 14.5 Å². The summed E-state index contributed by atoms with van der Waals surface area (Å²) in [7, 11) is 0. The highest BCUT2D eigenvalue weighted by Crippen LogP contribution is 2.46. The van der Waals surface area contributed by atoms with Crippen molar-refractivity contribution in [2.75, 3.05) is 25.0 Å². The van der Waals surface area contributed by atoms with Crippen LogP contribution in [0.4, 0.5) is 9.39 Å². The van der Waals surface area contributed by atoms with Gasteiger partial charge in [0.15, 0.2) is 0 Å². The molecule has 1 atom stereocenters. The van der Waals surface area contributed by atoms with Gasteiger partial charge in [0.05, 0.1) is 18.6 Å². The second-order valence-electron chi connectivity index (χ2n) is 8.65. The van der Waals surface area contributed by atoms with Crippen molar-refractivity contribution in [1.29, 1.82) is 0 Å². The quantitative estimate of drug-likeness (QED) is 0.613. The molecule has 0 spiro atoms. The van der Waals surface area contributed by atoms with Crippen LogP contribution in [0.25, 0.3) is 0 Å². The van der Waals surface area contributed by atoms with E-state index in [0.29, 0.717) is 19.4 Å². The van der Waals surface area contributed by atoms with Crippen LogP contribution in [0.3, 0.4) is 0 Å². The maximum absolute atomic E-state index is 14.3. The molecule has 5 nitrogen and oxygen atoms in total. The number of aryl methyl sites for hydroxylation is 1. The van der Waals surface area contributed by atoms with Crippen LogP contribution in [0.2, 0.25) is 0 Å². The van der Waals surface area contributed by atoms with E-state index >= 15 is 0 Å². The molecular weight excluding hydrogens is 427 g/mol. The van der Waals surface area contributed by atoms with Crippen molar-refractivity contribution in [1.82, 2.24) is 4.90 Å². The van der Waals surface area contributed by atoms with Crippen LogP contribution in [0.5, 0.6) is 0 Å². The third kappa shape index (κ3) is 4.89. The molecule has 2 aromatic rings. The monoisotopic (exact) mass is 458 g/mol. The second-order valence-corrected chi connectivity index (χ2v) is 9.76. The molecule has 1 saturated heterocycles. The molecule has 1 aliphatic heterocycles. The number of carbonyl (C=O) groups is 2. The normalized spacial score (nSPS) is 18.1. The highest BCUT2D eigenvalue weighted by molar-refractivity contribution is 7.16. The summed E-state index contributed by atoms with van der Waals surface area (Å²) in [6, 6.07) is 6.63. The van der Waals surface area contributed by atoms with E-state index in [4.69, 9.17) is 4.74 Å². The van der Waals surface area contributed by atoms with Gasteiger partial charge in [0.25, 0.3) is 0 Å². The van der Waals surface area contributed by atoms with E-state index in [0.717, 1.165) is 54.9 Å². The van der Waals surface area contributed by atoms with E-state index in [1.54, 1.807) is 23.5 Å². The zero-order valence-corrected chi connectivity index (χ0v) is 19.6. The van der Waals surface area contributed by atoms with Crippen LogP contribution in [0, 0.1) is 11.7 Å². The molecule has 0 radical (unpaired) electrons. The number of hydrogen-bond donors (Lipinski definition) is 1. The molecule has 0 saturated carbocycles. The fraction of sp³-hybridized carbons (Fsp3) is 0.520. The Morgan fingerprint density at radius 2 is 2.00 bits per heavy atom. The van der Waals surface area contributed by atoms with Crippen molar-refractivity contribution >= 4 is 28.2 Å². The number of benzene rings is 1. The van der Waals surface area contributed by atoms with Gasteiger partial charge in [-0.05, 0) is 81.8 Å². The maximum atomic E-state index is 14.3. The lowest BCUT2D eigenvalue weighted by Gasteiger charge is -2.38.